The number of benzene rings is 1. The molecule has 0 aliphatic carbocycles. The number of nitrogens with one attached hydrogen (secondary N) is 2. The van der Waals surface area contributed by atoms with Crippen molar-refractivity contribution in [2.45, 2.75) is 19.4 Å². The van der Waals surface area contributed by atoms with Crippen LogP contribution in [0.3, 0.4) is 0 Å². The molecule has 126 valence electrons. The van der Waals surface area contributed by atoms with Crippen molar-refractivity contribution in [3.8, 4) is 0 Å². The second-order valence-electron chi connectivity index (χ2n) is 5.11. The normalized spacial score (nSPS) is 11.0. The Hall–Kier alpha value is -1.28. The van der Waals surface area contributed by atoms with E-state index in [0.717, 1.165) is 35.9 Å². The summed E-state index contributed by atoms with van der Waals surface area (Å²) >= 11 is 5.98. The number of hydrogen-bond donors (Lipinski definition) is 2. The third kappa shape index (κ3) is 7.22. The Morgan fingerprint density at radius 3 is 2.78 bits per heavy atom. The zero-order valence-corrected chi connectivity index (χ0v) is 16.5. The number of hydrogen-bond acceptors (Lipinski definition) is 2. The number of nitrogens with zero attached hydrogens (tertiary/aromatic N) is 3. The molecule has 1 aromatic heterocycles. The molecule has 2 rings (SSSR count). The Bertz CT molecular complexity index is 626. The zero-order valence-electron chi connectivity index (χ0n) is 13.4. The molecule has 2 N–H and O–H groups in total. The van der Waals surface area contributed by atoms with E-state index in [4.69, 9.17) is 11.6 Å². The van der Waals surface area contributed by atoms with Gasteiger partial charge in [0.15, 0.2) is 5.96 Å². The minimum absolute atomic E-state index is 0. The second-order valence-corrected chi connectivity index (χ2v) is 5.54. The van der Waals surface area contributed by atoms with Gasteiger partial charge in [-0.1, -0.05) is 23.7 Å². The fourth-order valence-electron chi connectivity index (χ4n) is 2.15. The molecule has 0 saturated heterocycles. The van der Waals surface area contributed by atoms with Gasteiger partial charge >= 0.3 is 0 Å². The van der Waals surface area contributed by atoms with Crippen LogP contribution in [0.5, 0.6) is 0 Å². The minimum Gasteiger partial charge on any atom is -0.356 e. The van der Waals surface area contributed by atoms with Crippen molar-refractivity contribution in [3.05, 3.63) is 52.8 Å². The maximum absolute atomic E-state index is 5.98. The molecule has 0 radical (unpaired) electrons. The van der Waals surface area contributed by atoms with Crippen LogP contribution >= 0.6 is 35.6 Å². The van der Waals surface area contributed by atoms with Crippen LogP contribution in [-0.4, -0.2) is 29.3 Å². The summed E-state index contributed by atoms with van der Waals surface area (Å²) in [5.41, 5.74) is 2.39. The first-order valence-electron chi connectivity index (χ1n) is 7.34. The van der Waals surface area contributed by atoms with E-state index in [0.29, 0.717) is 6.54 Å². The Labute approximate surface area is 159 Å². The number of halogens is 2. The molecule has 0 spiro atoms. The van der Waals surface area contributed by atoms with Gasteiger partial charge in [0.1, 0.15) is 0 Å². The van der Waals surface area contributed by atoms with Crippen molar-refractivity contribution in [3.63, 3.8) is 0 Å². The highest BCUT2D eigenvalue weighted by atomic mass is 127. The predicted octanol–water partition coefficient (Wildman–Crippen LogP) is 2.99. The average Bonchev–Trinajstić information content (AvgIpc) is 2.92. The molecule has 0 unspecified atom stereocenters. The fraction of sp³-hybridized carbons (Fsp3) is 0.375. The summed E-state index contributed by atoms with van der Waals surface area (Å²) in [5, 5.41) is 11.5. The van der Waals surface area contributed by atoms with E-state index in [1.807, 2.05) is 48.4 Å². The maximum atomic E-state index is 5.98. The molecule has 0 atom stereocenters. The summed E-state index contributed by atoms with van der Waals surface area (Å²) in [6.45, 7) is 1.56. The Morgan fingerprint density at radius 2 is 2.13 bits per heavy atom. The average molecular weight is 448 g/mol. The van der Waals surface area contributed by atoms with Crippen molar-refractivity contribution < 1.29 is 0 Å². The number of guanidine groups is 1. The number of aliphatic imine (C=N–C) groups is 1. The molecule has 23 heavy (non-hydrogen) atoms. The monoisotopic (exact) mass is 447 g/mol. The molecule has 0 saturated carbocycles. The van der Waals surface area contributed by atoms with Gasteiger partial charge in [-0.05, 0) is 36.1 Å². The van der Waals surface area contributed by atoms with E-state index in [2.05, 4.69) is 20.7 Å². The van der Waals surface area contributed by atoms with Crippen LogP contribution in [0.25, 0.3) is 0 Å². The number of rotatable bonds is 6. The highest BCUT2D eigenvalue weighted by Crippen LogP contribution is 2.10. The van der Waals surface area contributed by atoms with E-state index in [1.54, 1.807) is 7.05 Å². The first kappa shape index (κ1) is 19.8. The van der Waals surface area contributed by atoms with Crippen LogP contribution in [0.1, 0.15) is 17.5 Å². The summed E-state index contributed by atoms with van der Waals surface area (Å²) in [6.07, 6.45) is 5.99. The van der Waals surface area contributed by atoms with Gasteiger partial charge < -0.3 is 10.6 Å². The van der Waals surface area contributed by atoms with E-state index in [-0.39, 0.29) is 24.0 Å². The van der Waals surface area contributed by atoms with Crippen LogP contribution in [-0.2, 0) is 20.0 Å². The molecular weight excluding hydrogens is 425 g/mol. The van der Waals surface area contributed by atoms with Gasteiger partial charge in [0.2, 0.25) is 0 Å². The summed E-state index contributed by atoms with van der Waals surface area (Å²) in [4.78, 5) is 4.22. The third-order valence-corrected chi connectivity index (χ3v) is 3.50. The molecule has 7 heteroatoms. The van der Waals surface area contributed by atoms with Crippen LogP contribution in [0.2, 0.25) is 5.02 Å². The lowest BCUT2D eigenvalue weighted by Gasteiger charge is -2.11. The molecule has 2 aromatic rings. The number of aromatic nitrogens is 2. The first-order valence-corrected chi connectivity index (χ1v) is 7.71. The highest BCUT2D eigenvalue weighted by Gasteiger charge is 2.00. The SMILES string of the molecule is CN=C(NCCCc1cnn(C)c1)NCc1cccc(Cl)c1.I. The minimum atomic E-state index is 0. The molecular formula is C16H23ClIN5. The smallest absolute Gasteiger partial charge is 0.191 e. The van der Waals surface area contributed by atoms with Crippen molar-refractivity contribution in [2.24, 2.45) is 12.0 Å². The van der Waals surface area contributed by atoms with E-state index in [1.165, 1.54) is 5.56 Å². The third-order valence-electron chi connectivity index (χ3n) is 3.27. The Kier molecular flexibility index (Phi) is 9.01. The summed E-state index contributed by atoms with van der Waals surface area (Å²) in [7, 11) is 3.71. The predicted molar refractivity (Wildman–Crippen MR) is 107 cm³/mol. The molecule has 0 amide bonds. The van der Waals surface area contributed by atoms with Gasteiger partial charge in [-0.3, -0.25) is 9.67 Å². The van der Waals surface area contributed by atoms with Gasteiger partial charge in [0.05, 0.1) is 6.20 Å². The Balaban J connectivity index is 0.00000264. The van der Waals surface area contributed by atoms with Crippen molar-refractivity contribution in [2.75, 3.05) is 13.6 Å². The molecule has 1 heterocycles. The molecule has 0 aliphatic heterocycles. The zero-order chi connectivity index (χ0) is 15.8. The second kappa shape index (κ2) is 10.5. The van der Waals surface area contributed by atoms with Crippen LogP contribution in [0.15, 0.2) is 41.7 Å². The van der Waals surface area contributed by atoms with E-state index < -0.39 is 0 Å². The topological polar surface area (TPSA) is 54.2 Å². The molecule has 5 nitrogen and oxygen atoms in total. The molecule has 0 fully saturated rings. The lowest BCUT2D eigenvalue weighted by atomic mass is 10.2. The van der Waals surface area contributed by atoms with E-state index in [9.17, 15) is 0 Å². The quantitative estimate of drug-likeness (QED) is 0.310. The van der Waals surface area contributed by atoms with Crippen LogP contribution in [0.4, 0.5) is 0 Å². The molecule has 0 bridgehead atoms. The lowest BCUT2D eigenvalue weighted by Crippen LogP contribution is -2.37. The highest BCUT2D eigenvalue weighted by molar-refractivity contribution is 14.0. The molecule has 0 aliphatic rings. The van der Waals surface area contributed by atoms with Gasteiger partial charge in [-0.15, -0.1) is 24.0 Å². The van der Waals surface area contributed by atoms with Gasteiger partial charge in [0.25, 0.3) is 0 Å². The largest absolute Gasteiger partial charge is 0.356 e. The van der Waals surface area contributed by atoms with Gasteiger partial charge in [0, 0.05) is 38.4 Å². The lowest BCUT2D eigenvalue weighted by molar-refractivity contribution is 0.739. The first-order chi connectivity index (χ1) is 10.7. The van der Waals surface area contributed by atoms with Crippen LogP contribution in [0, 0.1) is 0 Å². The van der Waals surface area contributed by atoms with E-state index >= 15 is 0 Å². The van der Waals surface area contributed by atoms with Crippen molar-refractivity contribution in [1.29, 1.82) is 0 Å². The summed E-state index contributed by atoms with van der Waals surface area (Å²) in [5.74, 6) is 0.797. The fourth-order valence-corrected chi connectivity index (χ4v) is 2.37. The maximum Gasteiger partial charge on any atom is 0.191 e. The summed E-state index contributed by atoms with van der Waals surface area (Å²) < 4.78 is 1.83. The van der Waals surface area contributed by atoms with Crippen molar-refractivity contribution >= 4 is 41.5 Å². The van der Waals surface area contributed by atoms with Crippen molar-refractivity contribution in [1.82, 2.24) is 20.4 Å². The van der Waals surface area contributed by atoms with Gasteiger partial charge in [-0.25, -0.2) is 0 Å². The number of aryl methyl sites for hydroxylation is 2. The van der Waals surface area contributed by atoms with Gasteiger partial charge in [-0.2, -0.15) is 5.10 Å². The summed E-state index contributed by atoms with van der Waals surface area (Å²) in [6, 6.07) is 7.80. The molecule has 1 aromatic carbocycles. The van der Waals surface area contributed by atoms with Crippen LogP contribution < -0.4 is 10.6 Å². The Morgan fingerprint density at radius 1 is 1.30 bits per heavy atom. The standard InChI is InChI=1S/C16H22ClN5.HI/c1-18-16(20-10-13-5-3-7-15(17)9-13)19-8-4-6-14-11-21-22(2)12-14;/h3,5,7,9,11-12H,4,6,8,10H2,1-2H3,(H2,18,19,20);1H.